The molecule has 0 bridgehead atoms. The molecule has 4 aromatic rings. The maximum Gasteiger partial charge on any atom is 0.262 e. The number of para-hydroxylation sites is 2. The van der Waals surface area contributed by atoms with Crippen LogP contribution >= 0.6 is 0 Å². The van der Waals surface area contributed by atoms with Gasteiger partial charge in [-0.15, -0.1) is 0 Å². The third-order valence-corrected chi connectivity index (χ3v) is 7.28. The lowest BCUT2D eigenvalue weighted by Crippen LogP contribution is -2.13. The fourth-order valence-corrected chi connectivity index (χ4v) is 5.17. The van der Waals surface area contributed by atoms with Crippen molar-refractivity contribution >= 4 is 31.4 Å². The van der Waals surface area contributed by atoms with E-state index in [4.69, 9.17) is 4.74 Å². The Balaban J connectivity index is 1.54. The lowest BCUT2D eigenvalue weighted by Gasteiger charge is -2.12. The van der Waals surface area contributed by atoms with E-state index in [-0.39, 0.29) is 21.3 Å². The smallest absolute Gasteiger partial charge is 0.262 e. The van der Waals surface area contributed by atoms with E-state index < -0.39 is 20.0 Å². The molecule has 0 fully saturated rings. The molecule has 0 unspecified atom stereocenters. The van der Waals surface area contributed by atoms with Crippen molar-refractivity contribution in [3.05, 3.63) is 109 Å². The van der Waals surface area contributed by atoms with Crippen LogP contribution in [0.3, 0.4) is 0 Å². The second-order valence-corrected chi connectivity index (χ2v) is 10.4. The maximum atomic E-state index is 12.7. The van der Waals surface area contributed by atoms with Crippen LogP contribution in [0.1, 0.15) is 0 Å². The molecule has 0 saturated heterocycles. The van der Waals surface area contributed by atoms with E-state index >= 15 is 0 Å². The van der Waals surface area contributed by atoms with Gasteiger partial charge in [0.2, 0.25) is 0 Å². The molecule has 4 rings (SSSR count). The van der Waals surface area contributed by atoms with E-state index in [1.54, 1.807) is 84.9 Å². The van der Waals surface area contributed by atoms with Crippen LogP contribution in [0.25, 0.3) is 0 Å². The van der Waals surface area contributed by atoms with Gasteiger partial charge in [-0.1, -0.05) is 48.5 Å². The van der Waals surface area contributed by atoms with Gasteiger partial charge in [-0.25, -0.2) is 16.8 Å². The molecule has 9 heteroatoms. The first-order chi connectivity index (χ1) is 15.8. The van der Waals surface area contributed by atoms with Crippen molar-refractivity contribution in [2.24, 2.45) is 0 Å². The number of anilines is 2. The molecular formula is C24H20N2O5S2. The Kier molecular flexibility index (Phi) is 6.34. The maximum absolute atomic E-state index is 12.7. The summed E-state index contributed by atoms with van der Waals surface area (Å²) in [4.78, 5) is 0.0248. The number of sulfonamides is 2. The predicted octanol–water partition coefficient (Wildman–Crippen LogP) is 5.08. The summed E-state index contributed by atoms with van der Waals surface area (Å²) in [6.07, 6.45) is 0. The number of hydrogen-bond donors (Lipinski definition) is 2. The Hall–Kier alpha value is -3.82. The van der Waals surface area contributed by atoms with E-state index in [1.807, 2.05) is 0 Å². The standard InChI is InChI=1S/C24H20N2O5S2/c27-32(28,25-19-9-3-1-4-10-19)23-15-7-13-21(17-23)31-22-14-8-16-24(18-22)33(29,30)26-20-11-5-2-6-12-20/h1-18,25-26H. The van der Waals surface area contributed by atoms with Gasteiger partial charge >= 0.3 is 0 Å². The number of nitrogens with one attached hydrogen (secondary N) is 2. The highest BCUT2D eigenvalue weighted by Crippen LogP contribution is 2.27. The van der Waals surface area contributed by atoms with Crippen LogP contribution in [0, 0.1) is 0 Å². The molecule has 0 aliphatic carbocycles. The van der Waals surface area contributed by atoms with Crippen LogP contribution in [0.2, 0.25) is 0 Å². The summed E-state index contributed by atoms with van der Waals surface area (Å²) in [5.74, 6) is 0.494. The Labute approximate surface area is 192 Å². The van der Waals surface area contributed by atoms with E-state index in [9.17, 15) is 16.8 Å². The number of rotatable bonds is 8. The summed E-state index contributed by atoms with van der Waals surface area (Å²) >= 11 is 0. The molecule has 0 atom stereocenters. The largest absolute Gasteiger partial charge is 0.457 e. The SMILES string of the molecule is O=S(=O)(Nc1ccccc1)c1cccc(Oc2cccc(S(=O)(=O)Nc3ccccc3)c2)c1. The average Bonchev–Trinajstić information content (AvgIpc) is 2.80. The van der Waals surface area contributed by atoms with Gasteiger partial charge in [0.25, 0.3) is 20.0 Å². The highest BCUT2D eigenvalue weighted by Gasteiger charge is 2.17. The number of benzene rings is 4. The topological polar surface area (TPSA) is 102 Å². The van der Waals surface area contributed by atoms with Gasteiger partial charge in [-0.2, -0.15) is 0 Å². The number of ether oxygens (including phenoxy) is 1. The first-order valence-electron chi connectivity index (χ1n) is 9.86. The third-order valence-electron chi connectivity index (χ3n) is 4.52. The average molecular weight is 481 g/mol. The van der Waals surface area contributed by atoms with Gasteiger partial charge < -0.3 is 4.74 Å². The quantitative estimate of drug-likeness (QED) is 0.366. The van der Waals surface area contributed by atoms with Gasteiger partial charge in [0, 0.05) is 23.5 Å². The molecule has 0 aliphatic rings. The van der Waals surface area contributed by atoms with Crippen molar-refractivity contribution in [3.63, 3.8) is 0 Å². The molecule has 0 saturated carbocycles. The first-order valence-corrected chi connectivity index (χ1v) is 12.8. The minimum Gasteiger partial charge on any atom is -0.457 e. The fourth-order valence-electron chi connectivity index (χ4n) is 2.99. The van der Waals surface area contributed by atoms with E-state index in [1.165, 1.54) is 24.3 Å². The van der Waals surface area contributed by atoms with Crippen molar-refractivity contribution in [2.45, 2.75) is 9.79 Å². The van der Waals surface area contributed by atoms with Crippen molar-refractivity contribution in [3.8, 4) is 11.5 Å². The lowest BCUT2D eigenvalue weighted by atomic mass is 10.3. The van der Waals surface area contributed by atoms with Crippen molar-refractivity contribution in [1.29, 1.82) is 0 Å². The summed E-state index contributed by atoms with van der Waals surface area (Å²) in [5.41, 5.74) is 0.875. The first kappa shape index (κ1) is 22.4. The molecule has 0 spiro atoms. The van der Waals surface area contributed by atoms with Crippen LogP contribution < -0.4 is 14.2 Å². The van der Waals surface area contributed by atoms with Crippen LogP contribution in [0.4, 0.5) is 11.4 Å². The van der Waals surface area contributed by atoms with Gasteiger partial charge in [0.15, 0.2) is 0 Å². The summed E-state index contributed by atoms with van der Waals surface area (Å²) in [6, 6.07) is 29.0. The zero-order chi connectivity index (χ0) is 23.3. The Bertz CT molecular complexity index is 1340. The summed E-state index contributed by atoms with van der Waals surface area (Å²) in [6.45, 7) is 0. The Morgan fingerprint density at radius 1 is 0.485 bits per heavy atom. The molecule has 4 aromatic carbocycles. The van der Waals surface area contributed by atoms with Gasteiger partial charge in [0.05, 0.1) is 9.79 Å². The molecule has 168 valence electrons. The molecule has 0 amide bonds. The minimum absolute atomic E-state index is 0.0124. The van der Waals surface area contributed by atoms with E-state index in [0.29, 0.717) is 11.4 Å². The highest BCUT2D eigenvalue weighted by molar-refractivity contribution is 7.93. The molecular weight excluding hydrogens is 460 g/mol. The summed E-state index contributed by atoms with van der Waals surface area (Å²) in [5, 5.41) is 0. The van der Waals surface area contributed by atoms with Crippen molar-refractivity contribution in [2.75, 3.05) is 9.44 Å². The zero-order valence-corrected chi connectivity index (χ0v) is 18.9. The predicted molar refractivity (Wildman–Crippen MR) is 127 cm³/mol. The zero-order valence-electron chi connectivity index (χ0n) is 17.3. The van der Waals surface area contributed by atoms with Crippen LogP contribution in [0.15, 0.2) is 119 Å². The molecule has 7 nitrogen and oxygen atoms in total. The molecule has 0 aliphatic heterocycles. The molecule has 0 radical (unpaired) electrons. The highest BCUT2D eigenvalue weighted by atomic mass is 32.2. The van der Waals surface area contributed by atoms with Crippen LogP contribution in [0.5, 0.6) is 11.5 Å². The molecule has 0 aromatic heterocycles. The van der Waals surface area contributed by atoms with Gasteiger partial charge in [-0.05, 0) is 48.5 Å². The summed E-state index contributed by atoms with van der Waals surface area (Å²) in [7, 11) is -7.66. The van der Waals surface area contributed by atoms with E-state index in [0.717, 1.165) is 0 Å². The van der Waals surface area contributed by atoms with Crippen LogP contribution in [-0.4, -0.2) is 16.8 Å². The minimum atomic E-state index is -3.83. The second-order valence-electron chi connectivity index (χ2n) is 6.99. The molecule has 0 heterocycles. The Morgan fingerprint density at radius 2 is 0.879 bits per heavy atom. The summed E-state index contributed by atoms with van der Waals surface area (Å²) < 4.78 is 61.6. The van der Waals surface area contributed by atoms with Gasteiger partial charge in [-0.3, -0.25) is 9.44 Å². The van der Waals surface area contributed by atoms with Crippen molar-refractivity contribution in [1.82, 2.24) is 0 Å². The fraction of sp³-hybridized carbons (Fsp3) is 0. The van der Waals surface area contributed by atoms with Crippen LogP contribution in [-0.2, 0) is 20.0 Å². The Morgan fingerprint density at radius 3 is 1.27 bits per heavy atom. The lowest BCUT2D eigenvalue weighted by molar-refractivity contribution is 0.479. The molecule has 2 N–H and O–H groups in total. The van der Waals surface area contributed by atoms with Crippen molar-refractivity contribution < 1.29 is 21.6 Å². The normalized spacial score (nSPS) is 11.5. The molecule has 33 heavy (non-hydrogen) atoms. The van der Waals surface area contributed by atoms with Gasteiger partial charge in [0.1, 0.15) is 11.5 Å². The third kappa shape index (κ3) is 5.71. The second kappa shape index (κ2) is 9.35. The monoisotopic (exact) mass is 480 g/mol. The number of hydrogen-bond acceptors (Lipinski definition) is 5. The van der Waals surface area contributed by atoms with E-state index in [2.05, 4.69) is 9.44 Å².